The van der Waals surface area contributed by atoms with Crippen molar-refractivity contribution in [1.82, 2.24) is 9.97 Å². The van der Waals surface area contributed by atoms with E-state index < -0.39 is 6.10 Å². The van der Waals surface area contributed by atoms with E-state index in [1.165, 1.54) is 6.33 Å². The summed E-state index contributed by atoms with van der Waals surface area (Å²) in [5, 5.41) is 14.4. The van der Waals surface area contributed by atoms with Gasteiger partial charge in [0.05, 0.1) is 5.52 Å². The fraction of sp³-hybridized carbons (Fsp3) is 0.214. The number of aromatic nitrogens is 2. The molecule has 0 aliphatic heterocycles. The van der Waals surface area contributed by atoms with E-state index >= 15 is 0 Å². The van der Waals surface area contributed by atoms with Crippen molar-refractivity contribution in [2.75, 3.05) is 5.32 Å². The molecule has 0 bridgehead atoms. The van der Waals surface area contributed by atoms with Crippen LogP contribution in [0.25, 0.3) is 10.9 Å². The second-order valence-corrected chi connectivity index (χ2v) is 8.92. The number of fused-ring (bicyclic) bond motifs is 1. The van der Waals surface area contributed by atoms with E-state index in [4.69, 9.17) is 4.74 Å². The van der Waals surface area contributed by atoms with Crippen LogP contribution in [0, 0.1) is 17.3 Å². The number of hydrogen-bond acceptors (Lipinski definition) is 5. The van der Waals surface area contributed by atoms with Gasteiger partial charge in [0.2, 0.25) is 0 Å². The number of benzene rings is 3. The number of nitrogens with one attached hydrogen (secondary N) is 1. The summed E-state index contributed by atoms with van der Waals surface area (Å²) >= 11 is 0. The van der Waals surface area contributed by atoms with Gasteiger partial charge in [0.25, 0.3) is 0 Å². The Morgan fingerprint density at radius 2 is 1.73 bits per heavy atom. The van der Waals surface area contributed by atoms with Gasteiger partial charge in [0.15, 0.2) is 0 Å². The molecule has 0 aliphatic carbocycles. The Morgan fingerprint density at radius 1 is 0.970 bits per heavy atom. The predicted molar refractivity (Wildman–Crippen MR) is 132 cm³/mol. The molecule has 0 saturated heterocycles. The van der Waals surface area contributed by atoms with Crippen molar-refractivity contribution in [1.29, 1.82) is 0 Å². The van der Waals surface area contributed by atoms with E-state index in [1.54, 1.807) is 0 Å². The maximum Gasteiger partial charge on any atom is 0.141 e. The van der Waals surface area contributed by atoms with Crippen LogP contribution < -0.4 is 10.1 Å². The molecule has 0 saturated carbocycles. The molecule has 1 aromatic heterocycles. The number of anilines is 2. The molecule has 4 rings (SSSR count). The maximum absolute atomic E-state index is 10.2. The minimum atomic E-state index is -0.708. The van der Waals surface area contributed by atoms with E-state index in [9.17, 15) is 5.11 Å². The number of nitrogens with zero attached hydrogens (tertiary/aromatic N) is 2. The standard InChI is InChI=1S/C28H27N3O2/c1-28(2,3)26(32)16-10-20-9-15-25-24(17-20)27(30-19-29-25)31-22-11-13-23(14-12-22)33-18-21-7-5-4-6-8-21/h4-9,11-15,17,19,26,32H,18H2,1-3H3,(H,29,30,31). The van der Waals surface area contributed by atoms with Crippen LogP contribution in [0.3, 0.4) is 0 Å². The number of aliphatic hydroxyl groups is 1. The van der Waals surface area contributed by atoms with Crippen LogP contribution in [0.15, 0.2) is 79.1 Å². The van der Waals surface area contributed by atoms with Crippen LogP contribution in [0.4, 0.5) is 11.5 Å². The molecule has 166 valence electrons. The van der Waals surface area contributed by atoms with E-state index in [1.807, 2.05) is 93.6 Å². The molecule has 0 amide bonds. The first kappa shape index (κ1) is 22.3. The van der Waals surface area contributed by atoms with Crippen molar-refractivity contribution >= 4 is 22.4 Å². The largest absolute Gasteiger partial charge is 0.489 e. The SMILES string of the molecule is CC(C)(C)C(O)C#Cc1ccc2ncnc(Nc3ccc(OCc4ccccc4)cc3)c2c1. The molecule has 5 nitrogen and oxygen atoms in total. The minimum Gasteiger partial charge on any atom is -0.489 e. The van der Waals surface area contributed by atoms with Gasteiger partial charge in [0, 0.05) is 16.6 Å². The Hall–Kier alpha value is -3.88. The highest BCUT2D eigenvalue weighted by Gasteiger charge is 2.19. The van der Waals surface area contributed by atoms with Crippen LogP contribution in [-0.4, -0.2) is 21.2 Å². The zero-order valence-electron chi connectivity index (χ0n) is 19.0. The van der Waals surface area contributed by atoms with Crippen molar-refractivity contribution in [3.05, 3.63) is 90.3 Å². The molecule has 0 aliphatic rings. The molecule has 0 radical (unpaired) electrons. The summed E-state index contributed by atoms with van der Waals surface area (Å²) in [7, 11) is 0. The van der Waals surface area contributed by atoms with E-state index in [-0.39, 0.29) is 5.41 Å². The molecule has 0 fully saturated rings. The first-order valence-corrected chi connectivity index (χ1v) is 10.9. The lowest BCUT2D eigenvalue weighted by Gasteiger charge is -2.20. The third-order valence-corrected chi connectivity index (χ3v) is 5.17. The maximum atomic E-state index is 10.2. The second kappa shape index (κ2) is 9.72. The van der Waals surface area contributed by atoms with Crippen LogP contribution >= 0.6 is 0 Å². The average Bonchev–Trinajstić information content (AvgIpc) is 2.82. The average molecular weight is 438 g/mol. The third-order valence-electron chi connectivity index (χ3n) is 5.17. The molecular weight excluding hydrogens is 410 g/mol. The predicted octanol–water partition coefficient (Wildman–Crippen LogP) is 5.71. The molecule has 33 heavy (non-hydrogen) atoms. The highest BCUT2D eigenvalue weighted by Crippen LogP contribution is 2.26. The molecular formula is C28H27N3O2. The van der Waals surface area contributed by atoms with Crippen molar-refractivity contribution < 1.29 is 9.84 Å². The Morgan fingerprint density at radius 3 is 2.45 bits per heavy atom. The number of hydrogen-bond donors (Lipinski definition) is 2. The number of aliphatic hydroxyl groups excluding tert-OH is 1. The molecule has 2 N–H and O–H groups in total. The van der Waals surface area contributed by atoms with Gasteiger partial charge in [0.1, 0.15) is 30.6 Å². The summed E-state index contributed by atoms with van der Waals surface area (Å²) in [4.78, 5) is 8.78. The van der Waals surface area contributed by atoms with Gasteiger partial charge >= 0.3 is 0 Å². The van der Waals surface area contributed by atoms with Crippen LogP contribution in [-0.2, 0) is 6.61 Å². The molecule has 5 heteroatoms. The quantitative estimate of drug-likeness (QED) is 0.392. The first-order valence-electron chi connectivity index (χ1n) is 10.9. The lowest BCUT2D eigenvalue weighted by molar-refractivity contribution is 0.114. The number of ether oxygens (including phenoxy) is 1. The van der Waals surface area contributed by atoms with Crippen molar-refractivity contribution in [2.45, 2.75) is 33.5 Å². The van der Waals surface area contributed by atoms with Gasteiger partial charge in [-0.3, -0.25) is 0 Å². The smallest absolute Gasteiger partial charge is 0.141 e. The molecule has 0 spiro atoms. The Balaban J connectivity index is 1.50. The summed E-state index contributed by atoms with van der Waals surface area (Å²) in [6, 6.07) is 23.6. The van der Waals surface area contributed by atoms with Crippen molar-refractivity contribution in [2.24, 2.45) is 5.41 Å². The second-order valence-electron chi connectivity index (χ2n) is 8.92. The molecule has 4 aromatic rings. The molecule has 1 atom stereocenters. The summed E-state index contributed by atoms with van der Waals surface area (Å²) < 4.78 is 5.86. The molecule has 1 unspecified atom stereocenters. The van der Waals surface area contributed by atoms with Gasteiger partial charge in [-0.15, -0.1) is 0 Å². The topological polar surface area (TPSA) is 67.3 Å². The monoisotopic (exact) mass is 437 g/mol. The molecule has 1 heterocycles. The fourth-order valence-corrected chi connectivity index (χ4v) is 3.11. The molecule has 3 aromatic carbocycles. The van der Waals surface area contributed by atoms with Gasteiger partial charge in [-0.1, -0.05) is 62.9 Å². The fourth-order valence-electron chi connectivity index (χ4n) is 3.11. The normalized spacial score (nSPS) is 12.0. The highest BCUT2D eigenvalue weighted by atomic mass is 16.5. The Bertz CT molecular complexity index is 1280. The summed E-state index contributed by atoms with van der Waals surface area (Å²) in [6.45, 7) is 6.40. The zero-order valence-corrected chi connectivity index (χ0v) is 19.0. The summed E-state index contributed by atoms with van der Waals surface area (Å²) in [6.07, 6.45) is 0.830. The first-order chi connectivity index (χ1) is 15.9. The third kappa shape index (κ3) is 5.88. The van der Waals surface area contributed by atoms with Crippen LogP contribution in [0.2, 0.25) is 0 Å². The van der Waals surface area contributed by atoms with E-state index in [0.29, 0.717) is 12.4 Å². The van der Waals surface area contributed by atoms with Crippen LogP contribution in [0.5, 0.6) is 5.75 Å². The van der Waals surface area contributed by atoms with Crippen LogP contribution in [0.1, 0.15) is 31.9 Å². The lowest BCUT2D eigenvalue weighted by atomic mass is 9.89. The van der Waals surface area contributed by atoms with E-state index in [0.717, 1.165) is 33.5 Å². The van der Waals surface area contributed by atoms with Gasteiger partial charge < -0.3 is 15.2 Å². The summed E-state index contributed by atoms with van der Waals surface area (Å²) in [5.74, 6) is 7.49. The Kier molecular flexibility index (Phi) is 6.58. The van der Waals surface area contributed by atoms with E-state index in [2.05, 4.69) is 27.1 Å². The van der Waals surface area contributed by atoms with Gasteiger partial charge in [-0.05, 0) is 53.4 Å². The number of rotatable bonds is 5. The summed E-state index contributed by atoms with van der Waals surface area (Å²) in [5.41, 5.74) is 3.34. The Labute approximate surface area is 194 Å². The van der Waals surface area contributed by atoms with Crippen molar-refractivity contribution in [3.8, 4) is 17.6 Å². The van der Waals surface area contributed by atoms with Crippen molar-refractivity contribution in [3.63, 3.8) is 0 Å². The zero-order chi connectivity index (χ0) is 23.3. The van der Waals surface area contributed by atoms with Gasteiger partial charge in [-0.25, -0.2) is 9.97 Å². The minimum absolute atomic E-state index is 0.295. The van der Waals surface area contributed by atoms with Gasteiger partial charge in [-0.2, -0.15) is 0 Å². The highest BCUT2D eigenvalue weighted by molar-refractivity contribution is 5.91. The lowest BCUT2D eigenvalue weighted by Crippen LogP contribution is -2.23.